The molecule has 2 heterocycles. The standard InChI is InChI=1S/C13H13N3O3/c17-12(4-1-9-5-6-14-7-9)16-10-2-3-11(13(18)19)15-8-10/h2-3,5-8,14H,1,4H2,(H,16,17)(H,18,19). The number of pyridine rings is 1. The normalized spacial score (nSPS) is 10.1. The number of nitrogens with zero attached hydrogens (tertiary/aromatic N) is 1. The molecular weight excluding hydrogens is 246 g/mol. The summed E-state index contributed by atoms with van der Waals surface area (Å²) < 4.78 is 0. The number of carbonyl (C=O) groups is 2. The predicted molar refractivity (Wildman–Crippen MR) is 68.9 cm³/mol. The molecule has 0 aromatic carbocycles. The summed E-state index contributed by atoms with van der Waals surface area (Å²) >= 11 is 0. The van der Waals surface area contributed by atoms with Crippen molar-refractivity contribution in [3.05, 3.63) is 48.0 Å². The summed E-state index contributed by atoms with van der Waals surface area (Å²) in [6.07, 6.45) is 5.99. The first-order valence-electron chi connectivity index (χ1n) is 5.76. The second kappa shape index (κ2) is 5.81. The van der Waals surface area contributed by atoms with Crippen molar-refractivity contribution in [1.82, 2.24) is 9.97 Å². The van der Waals surface area contributed by atoms with Crippen molar-refractivity contribution in [1.29, 1.82) is 0 Å². The van der Waals surface area contributed by atoms with Gasteiger partial charge in [0.1, 0.15) is 5.69 Å². The van der Waals surface area contributed by atoms with Crippen LogP contribution >= 0.6 is 0 Å². The van der Waals surface area contributed by atoms with Crippen LogP contribution in [0.25, 0.3) is 0 Å². The molecule has 0 unspecified atom stereocenters. The number of aromatic amines is 1. The van der Waals surface area contributed by atoms with E-state index in [0.29, 0.717) is 18.5 Å². The van der Waals surface area contributed by atoms with Crippen LogP contribution in [0.3, 0.4) is 0 Å². The fraction of sp³-hybridized carbons (Fsp3) is 0.154. The number of H-pyrrole nitrogens is 1. The van der Waals surface area contributed by atoms with E-state index in [1.807, 2.05) is 18.5 Å². The number of carbonyl (C=O) groups excluding carboxylic acids is 1. The number of carboxylic acid groups (broad SMARTS) is 1. The molecular formula is C13H13N3O3. The summed E-state index contributed by atoms with van der Waals surface area (Å²) in [5.41, 5.74) is 1.50. The molecule has 6 nitrogen and oxygen atoms in total. The maximum Gasteiger partial charge on any atom is 0.354 e. The van der Waals surface area contributed by atoms with Gasteiger partial charge in [0.05, 0.1) is 11.9 Å². The average molecular weight is 259 g/mol. The van der Waals surface area contributed by atoms with Gasteiger partial charge in [-0.2, -0.15) is 0 Å². The average Bonchev–Trinajstić information content (AvgIpc) is 2.90. The highest BCUT2D eigenvalue weighted by atomic mass is 16.4. The lowest BCUT2D eigenvalue weighted by molar-refractivity contribution is -0.116. The van der Waals surface area contributed by atoms with E-state index in [9.17, 15) is 9.59 Å². The SMILES string of the molecule is O=C(CCc1cc[nH]c1)Nc1ccc(C(=O)O)nc1. The minimum atomic E-state index is -1.09. The lowest BCUT2D eigenvalue weighted by atomic mass is 10.2. The Labute approximate surface area is 109 Å². The molecule has 2 aromatic rings. The molecule has 98 valence electrons. The molecule has 0 atom stereocenters. The topological polar surface area (TPSA) is 95.1 Å². The van der Waals surface area contributed by atoms with Gasteiger partial charge in [0.25, 0.3) is 0 Å². The second-order valence-corrected chi connectivity index (χ2v) is 4.00. The Hall–Kier alpha value is -2.63. The molecule has 0 radical (unpaired) electrons. The Balaban J connectivity index is 1.86. The summed E-state index contributed by atoms with van der Waals surface area (Å²) in [4.78, 5) is 28.9. The van der Waals surface area contributed by atoms with E-state index in [1.165, 1.54) is 18.3 Å². The zero-order valence-electron chi connectivity index (χ0n) is 10.1. The first-order chi connectivity index (χ1) is 9.15. The number of aromatic carboxylic acids is 1. The summed E-state index contributed by atoms with van der Waals surface area (Å²) in [5, 5.41) is 11.4. The van der Waals surface area contributed by atoms with Crippen LogP contribution in [0.1, 0.15) is 22.5 Å². The number of anilines is 1. The Morgan fingerprint density at radius 2 is 2.16 bits per heavy atom. The Bertz CT molecular complexity index is 561. The molecule has 3 N–H and O–H groups in total. The van der Waals surface area contributed by atoms with Crippen LogP contribution in [0.5, 0.6) is 0 Å². The largest absolute Gasteiger partial charge is 0.477 e. The summed E-state index contributed by atoms with van der Waals surface area (Å²) in [7, 11) is 0. The van der Waals surface area contributed by atoms with Gasteiger partial charge in [0, 0.05) is 18.8 Å². The lowest BCUT2D eigenvalue weighted by Crippen LogP contribution is -2.12. The molecule has 6 heteroatoms. The fourth-order valence-corrected chi connectivity index (χ4v) is 1.59. The third-order valence-corrected chi connectivity index (χ3v) is 2.57. The Kier molecular flexibility index (Phi) is 3.92. The predicted octanol–water partition coefficient (Wildman–Crippen LogP) is 1.68. The van der Waals surface area contributed by atoms with Crippen molar-refractivity contribution in [2.75, 3.05) is 5.32 Å². The number of aromatic nitrogens is 2. The molecule has 0 aliphatic rings. The van der Waals surface area contributed by atoms with Crippen molar-refractivity contribution < 1.29 is 14.7 Å². The van der Waals surface area contributed by atoms with E-state index in [-0.39, 0.29) is 11.6 Å². The molecule has 0 spiro atoms. The van der Waals surface area contributed by atoms with Crippen molar-refractivity contribution in [2.45, 2.75) is 12.8 Å². The molecule has 0 saturated heterocycles. The van der Waals surface area contributed by atoms with Crippen LogP contribution in [0.4, 0.5) is 5.69 Å². The van der Waals surface area contributed by atoms with Crippen molar-refractivity contribution in [3.63, 3.8) is 0 Å². The number of amides is 1. The molecule has 19 heavy (non-hydrogen) atoms. The van der Waals surface area contributed by atoms with Gasteiger partial charge in [-0.3, -0.25) is 4.79 Å². The quantitative estimate of drug-likeness (QED) is 0.761. The monoisotopic (exact) mass is 259 g/mol. The van der Waals surface area contributed by atoms with E-state index in [4.69, 9.17) is 5.11 Å². The van der Waals surface area contributed by atoms with Gasteiger partial charge in [0.15, 0.2) is 0 Å². The number of carboxylic acids is 1. The van der Waals surface area contributed by atoms with Gasteiger partial charge in [-0.15, -0.1) is 0 Å². The van der Waals surface area contributed by atoms with Crippen LogP contribution < -0.4 is 5.32 Å². The van der Waals surface area contributed by atoms with Gasteiger partial charge < -0.3 is 15.4 Å². The molecule has 1 amide bonds. The molecule has 0 aliphatic carbocycles. The van der Waals surface area contributed by atoms with E-state index in [2.05, 4.69) is 15.3 Å². The molecule has 2 rings (SSSR count). The molecule has 0 saturated carbocycles. The number of nitrogens with one attached hydrogen (secondary N) is 2. The maximum atomic E-state index is 11.7. The minimum Gasteiger partial charge on any atom is -0.477 e. The van der Waals surface area contributed by atoms with Crippen LogP contribution in [0, 0.1) is 0 Å². The summed E-state index contributed by atoms with van der Waals surface area (Å²) in [5.74, 6) is -1.23. The smallest absolute Gasteiger partial charge is 0.354 e. The number of hydrogen-bond donors (Lipinski definition) is 3. The van der Waals surface area contributed by atoms with Gasteiger partial charge in [0.2, 0.25) is 5.91 Å². The molecule has 2 aromatic heterocycles. The summed E-state index contributed by atoms with van der Waals surface area (Å²) in [6, 6.07) is 4.78. The fourth-order valence-electron chi connectivity index (χ4n) is 1.59. The number of aryl methyl sites for hydroxylation is 1. The number of hydrogen-bond acceptors (Lipinski definition) is 3. The molecule has 0 fully saturated rings. The van der Waals surface area contributed by atoms with E-state index in [1.54, 1.807) is 0 Å². The van der Waals surface area contributed by atoms with E-state index in [0.717, 1.165) is 5.56 Å². The zero-order chi connectivity index (χ0) is 13.7. The zero-order valence-corrected chi connectivity index (χ0v) is 10.1. The van der Waals surface area contributed by atoms with Crippen LogP contribution in [0.2, 0.25) is 0 Å². The van der Waals surface area contributed by atoms with Crippen molar-refractivity contribution in [2.24, 2.45) is 0 Å². The minimum absolute atomic E-state index is 0.0506. The highest BCUT2D eigenvalue weighted by Crippen LogP contribution is 2.08. The molecule has 0 aliphatic heterocycles. The third kappa shape index (κ3) is 3.67. The summed E-state index contributed by atoms with van der Waals surface area (Å²) in [6.45, 7) is 0. The third-order valence-electron chi connectivity index (χ3n) is 2.57. The van der Waals surface area contributed by atoms with Crippen LogP contribution in [-0.4, -0.2) is 27.0 Å². The highest BCUT2D eigenvalue weighted by molar-refractivity contribution is 5.91. The van der Waals surface area contributed by atoms with Gasteiger partial charge in [-0.05, 0) is 30.2 Å². The van der Waals surface area contributed by atoms with Gasteiger partial charge >= 0.3 is 5.97 Å². The van der Waals surface area contributed by atoms with Crippen molar-refractivity contribution in [3.8, 4) is 0 Å². The first-order valence-corrected chi connectivity index (χ1v) is 5.76. The highest BCUT2D eigenvalue weighted by Gasteiger charge is 2.06. The van der Waals surface area contributed by atoms with Gasteiger partial charge in [-0.25, -0.2) is 9.78 Å². The van der Waals surface area contributed by atoms with Crippen LogP contribution in [-0.2, 0) is 11.2 Å². The number of rotatable bonds is 5. The Morgan fingerprint density at radius 3 is 2.74 bits per heavy atom. The maximum absolute atomic E-state index is 11.7. The van der Waals surface area contributed by atoms with Gasteiger partial charge in [-0.1, -0.05) is 0 Å². The first kappa shape index (κ1) is 12.8. The van der Waals surface area contributed by atoms with Crippen LogP contribution in [0.15, 0.2) is 36.8 Å². The van der Waals surface area contributed by atoms with E-state index < -0.39 is 5.97 Å². The van der Waals surface area contributed by atoms with Crippen molar-refractivity contribution >= 4 is 17.6 Å². The lowest BCUT2D eigenvalue weighted by Gasteiger charge is -2.04. The molecule has 0 bridgehead atoms. The second-order valence-electron chi connectivity index (χ2n) is 4.00. The Morgan fingerprint density at radius 1 is 1.32 bits per heavy atom. The van der Waals surface area contributed by atoms with E-state index >= 15 is 0 Å².